The van der Waals surface area contributed by atoms with Crippen LogP contribution in [0.3, 0.4) is 0 Å². The lowest BCUT2D eigenvalue weighted by atomic mass is 10.0. The summed E-state index contributed by atoms with van der Waals surface area (Å²) in [4.78, 5) is 12.6. The highest BCUT2D eigenvalue weighted by molar-refractivity contribution is 5.69. The number of β-amino-alcohol motifs (C(OH)–C–C–N with tert-alkyl or cyclic N) is 2. The van der Waals surface area contributed by atoms with Crippen molar-refractivity contribution in [1.82, 2.24) is 9.91 Å². The van der Waals surface area contributed by atoms with Crippen molar-refractivity contribution in [2.24, 2.45) is 11.6 Å². The van der Waals surface area contributed by atoms with Crippen LogP contribution in [0.15, 0.2) is 11.9 Å². The lowest BCUT2D eigenvalue weighted by Gasteiger charge is -2.39. The lowest BCUT2D eigenvalue weighted by molar-refractivity contribution is -0.255. The zero-order valence-corrected chi connectivity index (χ0v) is 24.1. The molecule has 0 amide bonds. The number of rotatable bonds is 12. The van der Waals surface area contributed by atoms with Crippen molar-refractivity contribution in [3.05, 3.63) is 11.9 Å². The van der Waals surface area contributed by atoms with E-state index < -0.39 is 67.1 Å². The molecule has 1 aliphatic rings. The molecule has 7 atom stereocenters. The maximum Gasteiger partial charge on any atom is 0.324 e. The van der Waals surface area contributed by atoms with Crippen molar-refractivity contribution in [1.29, 1.82) is 0 Å². The normalized spacial score (nSPS) is 29.7. The summed E-state index contributed by atoms with van der Waals surface area (Å²) in [5.41, 5.74) is 5.35. The van der Waals surface area contributed by atoms with Gasteiger partial charge in [-0.3, -0.25) is 9.69 Å². The number of carboxylic acid groups (broad SMARTS) is 1. The second-order valence-electron chi connectivity index (χ2n) is 10.9. The van der Waals surface area contributed by atoms with Gasteiger partial charge in [0.15, 0.2) is 0 Å². The van der Waals surface area contributed by atoms with Crippen LogP contribution >= 0.6 is 0 Å². The van der Waals surface area contributed by atoms with Crippen LogP contribution in [-0.2, 0) is 19.0 Å². The first-order chi connectivity index (χ1) is 19.0. The Morgan fingerprint density at radius 2 is 1.76 bits per heavy atom. The van der Waals surface area contributed by atoms with Crippen molar-refractivity contribution in [3.8, 4) is 0 Å². The number of nitrogens with zero attached hydrogens (tertiary/aromatic N) is 2. The number of aliphatic carboxylic acids is 1. The standard InChI is InChI=1S/C25H50N4O12/c1-24(2)6-10-40-25(3,20(26)14-29(27)15-21(35)36)41-19(5-9-31)23(38)18(34)13-28(7-11-39-24)12-17(33)22(37)16(32)4-8-30/h14,16-19,22-23,30-34,37-38H,4-13,15,26-27H2,1-3H3,(H,35,36)/b20-14-/t16?,17?,18?,19-,22?,23?,25?/m1/s1. The fraction of sp³-hybridized carbons (Fsp3) is 0.880. The summed E-state index contributed by atoms with van der Waals surface area (Å²) in [6.45, 7) is 3.55. The summed E-state index contributed by atoms with van der Waals surface area (Å²) in [6, 6.07) is 0. The minimum absolute atomic E-state index is 0.0312. The van der Waals surface area contributed by atoms with Crippen LogP contribution in [0.25, 0.3) is 0 Å². The molecular formula is C25H50N4O12. The van der Waals surface area contributed by atoms with Crippen molar-refractivity contribution in [3.63, 3.8) is 0 Å². The topological polar surface area (TPSA) is 265 Å². The molecule has 0 aromatic rings. The van der Waals surface area contributed by atoms with Gasteiger partial charge in [0.1, 0.15) is 18.8 Å². The number of carboxylic acids is 1. The molecule has 242 valence electrons. The van der Waals surface area contributed by atoms with E-state index in [1.54, 1.807) is 0 Å². The molecule has 1 aliphatic heterocycles. The first kappa shape index (κ1) is 37.4. The Morgan fingerprint density at radius 1 is 1.10 bits per heavy atom. The molecule has 6 unspecified atom stereocenters. The van der Waals surface area contributed by atoms with E-state index >= 15 is 0 Å². The SMILES string of the molecule is CC1(C)CCOC(C)(/C(N)=C/N(N)CC(=O)O)O[C@H](CCO)C(O)C(O)CN(CC(O)C(O)C(O)CCO)CCO1. The summed E-state index contributed by atoms with van der Waals surface area (Å²) in [5.74, 6) is 2.72. The Balaban J connectivity index is 3.31. The van der Waals surface area contributed by atoms with Crippen LogP contribution < -0.4 is 11.6 Å². The van der Waals surface area contributed by atoms with Crippen LogP contribution in [0.4, 0.5) is 0 Å². The van der Waals surface area contributed by atoms with Crippen molar-refractivity contribution >= 4 is 5.97 Å². The Bertz CT molecular complexity index is 807. The summed E-state index contributed by atoms with van der Waals surface area (Å²) in [5, 5.41) is 81.2. The molecule has 16 nitrogen and oxygen atoms in total. The molecule has 1 heterocycles. The highest BCUT2D eigenvalue weighted by atomic mass is 16.7. The minimum atomic E-state index is -1.78. The Hall–Kier alpha value is -1.67. The number of hydrazine groups is 1. The fourth-order valence-corrected chi connectivity index (χ4v) is 4.22. The highest BCUT2D eigenvalue weighted by Crippen LogP contribution is 2.27. The smallest absolute Gasteiger partial charge is 0.324 e. The van der Waals surface area contributed by atoms with Gasteiger partial charge in [0.25, 0.3) is 0 Å². The van der Waals surface area contributed by atoms with Crippen LogP contribution in [0.1, 0.15) is 40.0 Å². The van der Waals surface area contributed by atoms with E-state index in [-0.39, 0.29) is 58.0 Å². The van der Waals surface area contributed by atoms with Gasteiger partial charge in [0.05, 0.1) is 48.9 Å². The zero-order chi connectivity index (χ0) is 31.4. The van der Waals surface area contributed by atoms with Gasteiger partial charge in [-0.05, 0) is 40.0 Å². The molecule has 0 aliphatic carbocycles. The zero-order valence-electron chi connectivity index (χ0n) is 24.1. The predicted octanol–water partition coefficient (Wildman–Crippen LogP) is -3.76. The van der Waals surface area contributed by atoms with E-state index in [0.29, 0.717) is 6.42 Å². The summed E-state index contributed by atoms with van der Waals surface area (Å²) in [7, 11) is 0. The third kappa shape index (κ3) is 13.0. The van der Waals surface area contributed by atoms with E-state index in [4.69, 9.17) is 36.0 Å². The number of hydrogen-bond acceptors (Lipinski definition) is 15. The van der Waals surface area contributed by atoms with Crippen LogP contribution in [0, 0.1) is 0 Å². The second kappa shape index (κ2) is 17.4. The maximum atomic E-state index is 11.0. The number of aliphatic hydroxyl groups excluding tert-OH is 7. The van der Waals surface area contributed by atoms with Crippen LogP contribution in [0.2, 0.25) is 0 Å². The molecule has 1 rings (SSSR count). The van der Waals surface area contributed by atoms with Crippen molar-refractivity contribution in [2.45, 2.75) is 88.0 Å². The van der Waals surface area contributed by atoms with Gasteiger partial charge in [-0.2, -0.15) is 0 Å². The first-order valence-corrected chi connectivity index (χ1v) is 13.6. The molecule has 12 N–H and O–H groups in total. The van der Waals surface area contributed by atoms with Gasteiger partial charge in [-0.25, -0.2) is 5.84 Å². The Labute approximate surface area is 240 Å². The summed E-state index contributed by atoms with van der Waals surface area (Å²) in [6.07, 6.45) is -7.57. The predicted molar refractivity (Wildman–Crippen MR) is 145 cm³/mol. The van der Waals surface area contributed by atoms with Gasteiger partial charge < -0.3 is 65.8 Å². The Morgan fingerprint density at radius 3 is 2.34 bits per heavy atom. The average molecular weight is 599 g/mol. The quantitative estimate of drug-likeness (QED) is 0.0763. The monoisotopic (exact) mass is 598 g/mol. The summed E-state index contributed by atoms with van der Waals surface area (Å²) < 4.78 is 18.0. The van der Waals surface area contributed by atoms with E-state index in [1.165, 1.54) is 11.8 Å². The van der Waals surface area contributed by atoms with Gasteiger partial charge in [0.2, 0.25) is 5.79 Å². The number of ether oxygens (including phenoxy) is 3. The second-order valence-corrected chi connectivity index (χ2v) is 10.9. The van der Waals surface area contributed by atoms with Gasteiger partial charge in [-0.1, -0.05) is 0 Å². The van der Waals surface area contributed by atoms with Gasteiger partial charge >= 0.3 is 5.97 Å². The molecule has 0 aromatic carbocycles. The maximum absolute atomic E-state index is 11.0. The van der Waals surface area contributed by atoms with Crippen molar-refractivity contribution in [2.75, 3.05) is 52.6 Å². The molecule has 0 radical (unpaired) electrons. The molecule has 0 saturated carbocycles. The van der Waals surface area contributed by atoms with Crippen molar-refractivity contribution < 1.29 is 59.9 Å². The molecule has 41 heavy (non-hydrogen) atoms. The molecular weight excluding hydrogens is 548 g/mol. The molecule has 1 fully saturated rings. The van der Waals surface area contributed by atoms with Crippen LogP contribution in [-0.4, -0.2) is 157 Å². The van der Waals surface area contributed by atoms with E-state index in [1.807, 2.05) is 13.8 Å². The van der Waals surface area contributed by atoms with Gasteiger partial charge in [-0.15, -0.1) is 0 Å². The lowest BCUT2D eigenvalue weighted by Crippen LogP contribution is -2.53. The number of hydrogen-bond donors (Lipinski definition) is 10. The first-order valence-electron chi connectivity index (χ1n) is 13.6. The number of aliphatic hydroxyl groups is 7. The third-order valence-corrected chi connectivity index (χ3v) is 6.80. The largest absolute Gasteiger partial charge is 0.480 e. The molecule has 0 spiro atoms. The third-order valence-electron chi connectivity index (χ3n) is 6.80. The Kier molecular flexibility index (Phi) is 15.9. The fourth-order valence-electron chi connectivity index (χ4n) is 4.22. The van der Waals surface area contributed by atoms with E-state index in [2.05, 4.69) is 0 Å². The minimum Gasteiger partial charge on any atom is -0.480 e. The summed E-state index contributed by atoms with van der Waals surface area (Å²) >= 11 is 0. The van der Waals surface area contributed by atoms with Crippen LogP contribution in [0.5, 0.6) is 0 Å². The average Bonchev–Trinajstić information content (AvgIpc) is 2.86. The number of carbonyl (C=O) groups is 1. The highest BCUT2D eigenvalue weighted by Gasteiger charge is 2.39. The molecule has 1 saturated heterocycles. The van der Waals surface area contributed by atoms with E-state index in [0.717, 1.165) is 11.2 Å². The molecule has 16 heteroatoms. The molecule has 0 bridgehead atoms. The van der Waals surface area contributed by atoms with E-state index in [9.17, 15) is 35.4 Å². The number of nitrogens with two attached hydrogens (primary N) is 2. The molecule has 0 aromatic heterocycles. The van der Waals surface area contributed by atoms with Gasteiger partial charge in [0, 0.05) is 39.0 Å².